The van der Waals surface area contributed by atoms with Crippen LogP contribution in [0, 0.1) is 0 Å². The van der Waals surface area contributed by atoms with Gasteiger partial charge in [-0.25, -0.2) is 13.1 Å². The first-order valence-corrected chi connectivity index (χ1v) is 13.2. The van der Waals surface area contributed by atoms with Crippen LogP contribution in [0.25, 0.3) is 5.69 Å². The molecule has 166 valence electrons. The Morgan fingerprint density at radius 3 is 2.42 bits per heavy atom. The van der Waals surface area contributed by atoms with Crippen LogP contribution in [-0.4, -0.2) is 77.6 Å². The van der Waals surface area contributed by atoms with E-state index in [2.05, 4.69) is 10.00 Å². The van der Waals surface area contributed by atoms with Crippen molar-refractivity contribution in [3.63, 3.8) is 0 Å². The molecule has 1 unspecified atom stereocenters. The lowest BCUT2D eigenvalue weighted by atomic mass is 10.1. The highest BCUT2D eigenvalue weighted by Crippen LogP contribution is 2.43. The van der Waals surface area contributed by atoms with Gasteiger partial charge in [-0.15, -0.1) is 0 Å². The van der Waals surface area contributed by atoms with E-state index in [4.69, 9.17) is 23.2 Å². The summed E-state index contributed by atoms with van der Waals surface area (Å²) in [7, 11) is -2.91. The molecule has 3 heterocycles. The monoisotopic (exact) mass is 482 g/mol. The molecule has 3 fully saturated rings. The van der Waals surface area contributed by atoms with Gasteiger partial charge in [0.15, 0.2) is 9.84 Å². The normalized spacial score (nSPS) is 23.9. The predicted octanol–water partition coefficient (Wildman–Crippen LogP) is 3.00. The third kappa shape index (κ3) is 4.23. The summed E-state index contributed by atoms with van der Waals surface area (Å²) in [5.74, 6) is 0.796. The summed E-state index contributed by atoms with van der Waals surface area (Å²) >= 11 is 12.4. The van der Waals surface area contributed by atoms with Crippen molar-refractivity contribution in [1.82, 2.24) is 19.6 Å². The Kier molecular flexibility index (Phi) is 5.53. The standard InChI is InChI=1S/C21H24Cl2N4O3S/c22-15-3-4-19(18(23)11-15)27-20(14-1-2-14)17(12-24-27)21(28)26-8-6-25(7-9-26)16-5-10-31(29,30)13-16/h3-4,11-12,14,16H,1-2,5-10,13H2. The van der Waals surface area contributed by atoms with Gasteiger partial charge in [0.2, 0.25) is 0 Å². The highest BCUT2D eigenvalue weighted by molar-refractivity contribution is 7.91. The maximum Gasteiger partial charge on any atom is 0.257 e. The number of hydrogen-bond donors (Lipinski definition) is 0. The molecule has 2 saturated heterocycles. The fourth-order valence-electron chi connectivity index (χ4n) is 4.64. The highest BCUT2D eigenvalue weighted by atomic mass is 35.5. The van der Waals surface area contributed by atoms with E-state index in [9.17, 15) is 13.2 Å². The van der Waals surface area contributed by atoms with Crippen molar-refractivity contribution >= 4 is 38.9 Å². The van der Waals surface area contributed by atoms with E-state index < -0.39 is 9.84 Å². The maximum absolute atomic E-state index is 13.4. The third-order valence-electron chi connectivity index (χ3n) is 6.47. The van der Waals surface area contributed by atoms with Crippen molar-refractivity contribution in [2.24, 2.45) is 0 Å². The fraction of sp³-hybridized carbons (Fsp3) is 0.524. The molecule has 1 aromatic carbocycles. The smallest absolute Gasteiger partial charge is 0.257 e. The van der Waals surface area contributed by atoms with Gasteiger partial charge in [0.1, 0.15) is 0 Å². The zero-order valence-electron chi connectivity index (χ0n) is 17.0. The molecule has 1 amide bonds. The Labute approximate surface area is 191 Å². The van der Waals surface area contributed by atoms with E-state index in [1.54, 1.807) is 23.0 Å². The lowest BCUT2D eigenvalue weighted by Crippen LogP contribution is -2.52. The number of amides is 1. The summed E-state index contributed by atoms with van der Waals surface area (Å²) in [6, 6.07) is 5.36. The summed E-state index contributed by atoms with van der Waals surface area (Å²) in [6.07, 6.45) is 4.40. The lowest BCUT2D eigenvalue weighted by molar-refractivity contribution is 0.0586. The van der Waals surface area contributed by atoms with E-state index >= 15 is 0 Å². The van der Waals surface area contributed by atoms with Gasteiger partial charge in [-0.2, -0.15) is 5.10 Å². The largest absolute Gasteiger partial charge is 0.336 e. The molecule has 0 N–H and O–H groups in total. The van der Waals surface area contributed by atoms with Crippen LogP contribution in [0.15, 0.2) is 24.4 Å². The van der Waals surface area contributed by atoms with Crippen molar-refractivity contribution in [3.8, 4) is 5.69 Å². The first-order valence-electron chi connectivity index (χ1n) is 10.6. The minimum atomic E-state index is -2.91. The average Bonchev–Trinajstić information content (AvgIpc) is 3.38. The lowest BCUT2D eigenvalue weighted by Gasteiger charge is -2.37. The Hall–Kier alpha value is -1.61. The van der Waals surface area contributed by atoms with Crippen molar-refractivity contribution in [2.75, 3.05) is 37.7 Å². The van der Waals surface area contributed by atoms with E-state index in [-0.39, 0.29) is 23.5 Å². The number of nitrogens with zero attached hydrogens (tertiary/aromatic N) is 4. The average molecular weight is 483 g/mol. The van der Waals surface area contributed by atoms with E-state index in [0.29, 0.717) is 54.1 Å². The molecule has 10 heteroatoms. The van der Waals surface area contributed by atoms with E-state index in [1.165, 1.54) is 0 Å². The number of hydrogen-bond acceptors (Lipinski definition) is 5. The Morgan fingerprint density at radius 2 is 1.81 bits per heavy atom. The number of aromatic nitrogens is 2. The second kappa shape index (κ2) is 8.06. The van der Waals surface area contributed by atoms with Crippen LogP contribution in [0.2, 0.25) is 10.0 Å². The summed E-state index contributed by atoms with van der Waals surface area (Å²) in [6.45, 7) is 2.57. The molecule has 1 atom stereocenters. The van der Waals surface area contributed by atoms with Gasteiger partial charge in [-0.05, 0) is 37.5 Å². The van der Waals surface area contributed by atoms with E-state index in [0.717, 1.165) is 24.2 Å². The molecule has 2 aromatic rings. The zero-order chi connectivity index (χ0) is 21.8. The van der Waals surface area contributed by atoms with Crippen LogP contribution in [0.5, 0.6) is 0 Å². The Morgan fingerprint density at radius 1 is 1.06 bits per heavy atom. The number of rotatable bonds is 4. The molecule has 2 aliphatic heterocycles. The zero-order valence-corrected chi connectivity index (χ0v) is 19.3. The van der Waals surface area contributed by atoms with Crippen LogP contribution in [-0.2, 0) is 9.84 Å². The fourth-order valence-corrected chi connectivity index (χ4v) is 6.89. The Balaban J connectivity index is 1.34. The van der Waals surface area contributed by atoms with Gasteiger partial charge in [0.25, 0.3) is 5.91 Å². The molecule has 0 spiro atoms. The van der Waals surface area contributed by atoms with E-state index in [1.807, 2.05) is 11.0 Å². The topological polar surface area (TPSA) is 75.5 Å². The number of halogens is 2. The van der Waals surface area contributed by atoms with Gasteiger partial charge in [-0.3, -0.25) is 9.69 Å². The summed E-state index contributed by atoms with van der Waals surface area (Å²) in [5, 5.41) is 5.56. The Bertz CT molecular complexity index is 1120. The molecular weight excluding hydrogens is 459 g/mol. The number of sulfone groups is 1. The molecule has 0 bridgehead atoms. The second-order valence-electron chi connectivity index (χ2n) is 8.61. The number of piperazine rings is 1. The van der Waals surface area contributed by atoms with Gasteiger partial charge >= 0.3 is 0 Å². The number of benzene rings is 1. The number of carbonyl (C=O) groups excluding carboxylic acids is 1. The minimum Gasteiger partial charge on any atom is -0.336 e. The molecule has 1 aromatic heterocycles. The predicted molar refractivity (Wildman–Crippen MR) is 120 cm³/mol. The van der Waals surface area contributed by atoms with Crippen LogP contribution < -0.4 is 0 Å². The third-order valence-corrected chi connectivity index (χ3v) is 8.75. The molecule has 5 rings (SSSR count). The van der Waals surface area contributed by atoms with Gasteiger partial charge in [0, 0.05) is 43.2 Å². The summed E-state index contributed by atoms with van der Waals surface area (Å²) in [4.78, 5) is 17.4. The first kappa shape index (κ1) is 21.2. The van der Waals surface area contributed by atoms with Gasteiger partial charge < -0.3 is 4.90 Å². The molecule has 0 radical (unpaired) electrons. The van der Waals surface area contributed by atoms with Crippen molar-refractivity contribution in [1.29, 1.82) is 0 Å². The maximum atomic E-state index is 13.4. The first-order chi connectivity index (χ1) is 14.8. The van der Waals surface area contributed by atoms with Crippen LogP contribution in [0.1, 0.15) is 41.2 Å². The quantitative estimate of drug-likeness (QED) is 0.669. The second-order valence-corrected chi connectivity index (χ2v) is 11.7. The summed E-state index contributed by atoms with van der Waals surface area (Å²) < 4.78 is 25.4. The number of carbonyl (C=O) groups is 1. The molecule has 1 saturated carbocycles. The van der Waals surface area contributed by atoms with Crippen LogP contribution in [0.4, 0.5) is 0 Å². The molecule has 7 nitrogen and oxygen atoms in total. The van der Waals surface area contributed by atoms with Crippen LogP contribution >= 0.6 is 23.2 Å². The van der Waals surface area contributed by atoms with Gasteiger partial charge in [0.05, 0.1) is 39.7 Å². The molecule has 3 aliphatic rings. The summed E-state index contributed by atoms with van der Waals surface area (Å²) in [5.41, 5.74) is 2.27. The van der Waals surface area contributed by atoms with Gasteiger partial charge in [-0.1, -0.05) is 23.2 Å². The molecule has 1 aliphatic carbocycles. The van der Waals surface area contributed by atoms with Crippen molar-refractivity contribution in [2.45, 2.75) is 31.2 Å². The van der Waals surface area contributed by atoms with Crippen molar-refractivity contribution in [3.05, 3.63) is 45.7 Å². The highest BCUT2D eigenvalue weighted by Gasteiger charge is 2.37. The van der Waals surface area contributed by atoms with Crippen molar-refractivity contribution < 1.29 is 13.2 Å². The minimum absolute atomic E-state index is 0.0167. The molecule has 31 heavy (non-hydrogen) atoms. The molecular formula is C21H24Cl2N4O3S. The SMILES string of the molecule is O=C(c1cnn(-c2ccc(Cl)cc2Cl)c1C1CC1)N1CCN(C2CCS(=O)(=O)C2)CC1. The van der Waals surface area contributed by atoms with Crippen LogP contribution in [0.3, 0.4) is 0 Å².